The number of rotatable bonds is 5. The van der Waals surface area contributed by atoms with Crippen LogP contribution in [0.25, 0.3) is 16.3 Å². The highest BCUT2D eigenvalue weighted by molar-refractivity contribution is 6.00. The first-order valence-electron chi connectivity index (χ1n) is 12.6. The van der Waals surface area contributed by atoms with Gasteiger partial charge in [-0.25, -0.2) is 0 Å². The molecule has 0 N–H and O–H groups in total. The summed E-state index contributed by atoms with van der Waals surface area (Å²) in [5, 5.41) is 2.63. The maximum Gasteiger partial charge on any atom is 0.0633 e. The highest BCUT2D eigenvalue weighted by Gasteiger charge is 2.00. The van der Waals surface area contributed by atoms with Crippen molar-refractivity contribution in [1.82, 2.24) is 0 Å². The molecule has 0 amide bonds. The number of allylic oxidation sites excluding steroid dienone is 5. The summed E-state index contributed by atoms with van der Waals surface area (Å²) < 4.78 is 0. The molecule has 0 radical (unpaired) electrons. The Hall–Kier alpha value is -3.97. The zero-order chi connectivity index (χ0) is 26.3. The van der Waals surface area contributed by atoms with Crippen LogP contribution in [0.5, 0.6) is 0 Å². The van der Waals surface area contributed by atoms with E-state index in [9.17, 15) is 0 Å². The molecule has 0 aromatic heterocycles. The second kappa shape index (κ2) is 15.1. The highest BCUT2D eigenvalue weighted by Crippen LogP contribution is 2.24. The Morgan fingerprint density at radius 2 is 1.36 bits per heavy atom. The molecule has 0 atom stereocenters. The molecule has 4 aromatic rings. The summed E-state index contributed by atoms with van der Waals surface area (Å²) in [5.41, 5.74) is 8.31. The van der Waals surface area contributed by atoms with Crippen LogP contribution in [0.15, 0.2) is 132 Å². The Morgan fingerprint density at radius 3 is 2.00 bits per heavy atom. The lowest BCUT2D eigenvalue weighted by molar-refractivity contribution is 1.48. The molecular weight excluding hydrogens is 434 g/mol. The van der Waals surface area contributed by atoms with E-state index in [0.29, 0.717) is 0 Å². The molecule has 184 valence electrons. The number of nitrogens with zero attached hydrogens (tertiary/aromatic N) is 1. The molecule has 0 aliphatic carbocycles. The fourth-order valence-corrected chi connectivity index (χ4v) is 3.79. The van der Waals surface area contributed by atoms with Gasteiger partial charge in [0.25, 0.3) is 0 Å². The Balaban J connectivity index is 0.000000243. The number of aryl methyl sites for hydroxylation is 1. The summed E-state index contributed by atoms with van der Waals surface area (Å²) in [5.74, 6) is 0. The van der Waals surface area contributed by atoms with Crippen LogP contribution in [0.3, 0.4) is 0 Å². The van der Waals surface area contributed by atoms with Crippen molar-refractivity contribution < 1.29 is 0 Å². The molecular formula is C35H39N. The van der Waals surface area contributed by atoms with Gasteiger partial charge >= 0.3 is 0 Å². The molecule has 36 heavy (non-hydrogen) atoms. The lowest BCUT2D eigenvalue weighted by Crippen LogP contribution is -1.92. The van der Waals surface area contributed by atoms with E-state index in [2.05, 4.69) is 86.9 Å². The minimum Gasteiger partial charge on any atom is -0.253 e. The Kier molecular flexibility index (Phi) is 11.9. The van der Waals surface area contributed by atoms with Crippen molar-refractivity contribution in [3.63, 3.8) is 0 Å². The number of aliphatic imine (C=N–C) groups is 1. The van der Waals surface area contributed by atoms with E-state index in [1.54, 1.807) is 0 Å². The Bertz CT molecular complexity index is 1320. The second-order valence-electron chi connectivity index (χ2n) is 8.38. The molecule has 1 heteroatoms. The third kappa shape index (κ3) is 8.67. The van der Waals surface area contributed by atoms with Crippen molar-refractivity contribution in [2.24, 2.45) is 4.99 Å². The molecule has 0 aliphatic rings. The van der Waals surface area contributed by atoms with Crippen LogP contribution in [0.4, 0.5) is 5.69 Å². The van der Waals surface area contributed by atoms with E-state index in [1.165, 1.54) is 38.6 Å². The number of fused-ring (bicyclic) bond motifs is 1. The predicted octanol–water partition coefficient (Wildman–Crippen LogP) is 10.5. The van der Waals surface area contributed by atoms with E-state index in [0.717, 1.165) is 11.4 Å². The summed E-state index contributed by atoms with van der Waals surface area (Å²) in [4.78, 5) is 4.55. The SMILES string of the molecule is C=C/C=C(C)/C=C(\C)c1ccc2c(C)cccc2c1.CC.CC(=Nc1ccccc1)c1ccccc1. The average Bonchev–Trinajstić information content (AvgIpc) is 2.91. The van der Waals surface area contributed by atoms with E-state index in [1.807, 2.05) is 81.5 Å². The van der Waals surface area contributed by atoms with Gasteiger partial charge in [0.1, 0.15) is 0 Å². The minimum absolute atomic E-state index is 0.999. The van der Waals surface area contributed by atoms with Gasteiger partial charge < -0.3 is 0 Å². The number of hydrogen-bond donors (Lipinski definition) is 0. The molecule has 0 saturated carbocycles. The third-order valence-corrected chi connectivity index (χ3v) is 5.62. The van der Waals surface area contributed by atoms with Crippen LogP contribution in [-0.4, -0.2) is 5.71 Å². The maximum absolute atomic E-state index is 4.55. The van der Waals surface area contributed by atoms with E-state index >= 15 is 0 Å². The summed E-state index contributed by atoms with van der Waals surface area (Å²) in [6, 6.07) is 33.3. The third-order valence-electron chi connectivity index (χ3n) is 5.62. The fraction of sp³-hybridized carbons (Fsp3) is 0.171. The van der Waals surface area contributed by atoms with Crippen molar-refractivity contribution in [2.45, 2.75) is 41.5 Å². The predicted molar refractivity (Wildman–Crippen MR) is 162 cm³/mol. The summed E-state index contributed by atoms with van der Waals surface area (Å²) in [6.07, 6.45) is 6.04. The maximum atomic E-state index is 4.55. The van der Waals surface area contributed by atoms with Gasteiger partial charge in [-0.05, 0) is 78.9 Å². The van der Waals surface area contributed by atoms with Crippen molar-refractivity contribution in [2.75, 3.05) is 0 Å². The first kappa shape index (κ1) is 28.3. The van der Waals surface area contributed by atoms with Gasteiger partial charge in [-0.3, -0.25) is 4.99 Å². The van der Waals surface area contributed by atoms with E-state index < -0.39 is 0 Å². The molecule has 1 nitrogen and oxygen atoms in total. The molecule has 0 heterocycles. The van der Waals surface area contributed by atoms with Crippen molar-refractivity contribution >= 4 is 27.7 Å². The molecule has 4 aromatic carbocycles. The van der Waals surface area contributed by atoms with Crippen LogP contribution in [0, 0.1) is 6.92 Å². The van der Waals surface area contributed by atoms with Crippen LogP contribution in [-0.2, 0) is 0 Å². The monoisotopic (exact) mass is 473 g/mol. The quantitative estimate of drug-likeness (QED) is 0.202. The average molecular weight is 474 g/mol. The largest absolute Gasteiger partial charge is 0.253 e. The van der Waals surface area contributed by atoms with Crippen LogP contribution in [0.2, 0.25) is 0 Å². The first-order valence-corrected chi connectivity index (χ1v) is 12.6. The summed E-state index contributed by atoms with van der Waals surface area (Å²) >= 11 is 0. The van der Waals surface area contributed by atoms with Crippen molar-refractivity contribution in [3.05, 3.63) is 144 Å². The minimum atomic E-state index is 0.999. The lowest BCUT2D eigenvalue weighted by atomic mass is 9.98. The van der Waals surface area contributed by atoms with Crippen molar-refractivity contribution in [3.8, 4) is 0 Å². The first-order chi connectivity index (χ1) is 17.5. The molecule has 0 aliphatic heterocycles. The zero-order valence-corrected chi connectivity index (χ0v) is 22.6. The van der Waals surface area contributed by atoms with Gasteiger partial charge in [0.05, 0.1) is 5.69 Å². The molecule has 0 bridgehead atoms. The van der Waals surface area contributed by atoms with E-state index in [-0.39, 0.29) is 0 Å². The van der Waals surface area contributed by atoms with Crippen molar-refractivity contribution in [1.29, 1.82) is 0 Å². The number of hydrogen-bond acceptors (Lipinski definition) is 1. The number of para-hydroxylation sites is 1. The zero-order valence-electron chi connectivity index (χ0n) is 22.6. The summed E-state index contributed by atoms with van der Waals surface area (Å²) in [6.45, 7) is 16.2. The molecule has 0 saturated heterocycles. The van der Waals surface area contributed by atoms with Gasteiger partial charge in [0.15, 0.2) is 0 Å². The summed E-state index contributed by atoms with van der Waals surface area (Å²) in [7, 11) is 0. The Morgan fingerprint density at radius 1 is 0.722 bits per heavy atom. The van der Waals surface area contributed by atoms with Gasteiger partial charge in [-0.1, -0.05) is 123 Å². The van der Waals surface area contributed by atoms with Gasteiger partial charge in [-0.2, -0.15) is 0 Å². The fourth-order valence-electron chi connectivity index (χ4n) is 3.79. The van der Waals surface area contributed by atoms with Crippen LogP contribution in [0.1, 0.15) is 51.3 Å². The van der Waals surface area contributed by atoms with Crippen LogP contribution >= 0.6 is 0 Å². The Labute approximate surface area is 218 Å². The standard InChI is InChI=1S/C19H20.C14H13N.C2H6/c1-5-7-14(2)12-16(4)17-10-11-19-15(3)8-6-9-18(19)13-17;1-12(13-8-4-2-5-9-13)15-14-10-6-3-7-11-14;1-2/h5-13H,1H2,2-4H3;2-11H,1H3;1-2H3/b14-7+,16-12+;;. The van der Waals surface area contributed by atoms with E-state index in [4.69, 9.17) is 0 Å². The topological polar surface area (TPSA) is 12.4 Å². The van der Waals surface area contributed by atoms with Crippen LogP contribution < -0.4 is 0 Å². The lowest BCUT2D eigenvalue weighted by Gasteiger charge is -2.06. The smallest absolute Gasteiger partial charge is 0.0633 e. The van der Waals surface area contributed by atoms with Gasteiger partial charge in [-0.15, -0.1) is 0 Å². The molecule has 0 unspecified atom stereocenters. The molecule has 0 fully saturated rings. The molecule has 0 spiro atoms. The van der Waals surface area contributed by atoms with Gasteiger partial charge in [0.2, 0.25) is 0 Å². The number of benzene rings is 4. The molecule has 4 rings (SSSR count). The highest BCUT2D eigenvalue weighted by atomic mass is 14.7. The van der Waals surface area contributed by atoms with Gasteiger partial charge in [0, 0.05) is 5.71 Å². The normalized spacial score (nSPS) is 11.7. The second-order valence-corrected chi connectivity index (χ2v) is 8.38.